The number of nitrogens with zero attached hydrogens (tertiary/aromatic N) is 1. The minimum Gasteiger partial charge on any atom is -0.497 e. The van der Waals surface area contributed by atoms with Gasteiger partial charge in [-0.15, -0.1) is 0 Å². The first-order chi connectivity index (χ1) is 9.11. The smallest absolute Gasteiger partial charge is 0.320 e. The van der Waals surface area contributed by atoms with Crippen molar-refractivity contribution in [2.24, 2.45) is 0 Å². The second-order valence-electron chi connectivity index (χ2n) is 4.78. The van der Waals surface area contributed by atoms with Gasteiger partial charge in [0.2, 0.25) is 0 Å². The highest BCUT2D eigenvalue weighted by atomic mass is 16.5. The van der Waals surface area contributed by atoms with Gasteiger partial charge in [-0.25, -0.2) is 0 Å². The molecule has 2 rings (SSSR count). The average Bonchev–Trinajstić information content (AvgIpc) is 2.87. The lowest BCUT2D eigenvalue weighted by Gasteiger charge is -2.24. The van der Waals surface area contributed by atoms with Crippen LogP contribution in [-0.2, 0) is 4.79 Å². The summed E-state index contributed by atoms with van der Waals surface area (Å²) < 4.78 is 5.12. The van der Waals surface area contributed by atoms with Gasteiger partial charge in [0, 0.05) is 6.54 Å². The van der Waals surface area contributed by atoms with E-state index in [0.29, 0.717) is 18.7 Å². The Morgan fingerprint density at radius 3 is 3.05 bits per heavy atom. The van der Waals surface area contributed by atoms with Gasteiger partial charge in [-0.3, -0.25) is 9.69 Å². The maximum atomic E-state index is 11.1. The molecule has 0 spiro atoms. The number of ether oxygens (including phenoxy) is 1. The van der Waals surface area contributed by atoms with Crippen molar-refractivity contribution in [2.45, 2.75) is 25.0 Å². The van der Waals surface area contributed by atoms with Crippen LogP contribution in [-0.4, -0.2) is 47.3 Å². The molecule has 0 bridgehead atoms. The predicted octanol–water partition coefficient (Wildman–Crippen LogP) is 1.28. The number of likely N-dealkylation sites (tertiary alicyclic amines) is 1. The first kappa shape index (κ1) is 13.8. The highest BCUT2D eigenvalue weighted by Crippen LogP contribution is 2.24. The molecule has 1 aliphatic heterocycles. The summed E-state index contributed by atoms with van der Waals surface area (Å²) in [5.74, 6) is -0.122. The van der Waals surface area contributed by atoms with Gasteiger partial charge >= 0.3 is 5.97 Å². The molecular formula is C14H19NO4. The Morgan fingerprint density at radius 1 is 1.58 bits per heavy atom. The Hall–Kier alpha value is -1.59. The van der Waals surface area contributed by atoms with Gasteiger partial charge in [0.15, 0.2) is 0 Å². The van der Waals surface area contributed by atoms with Crippen LogP contribution >= 0.6 is 0 Å². The minimum atomic E-state index is -0.810. The second kappa shape index (κ2) is 6.04. The van der Waals surface area contributed by atoms with Crippen LogP contribution in [0.2, 0.25) is 0 Å². The van der Waals surface area contributed by atoms with Gasteiger partial charge in [-0.2, -0.15) is 0 Å². The first-order valence-electron chi connectivity index (χ1n) is 6.40. The normalized spacial score (nSPS) is 21.3. The van der Waals surface area contributed by atoms with Crippen LogP contribution in [0.15, 0.2) is 24.3 Å². The molecule has 0 aromatic heterocycles. The van der Waals surface area contributed by atoms with Crippen molar-refractivity contribution in [1.29, 1.82) is 0 Å². The van der Waals surface area contributed by atoms with E-state index in [4.69, 9.17) is 9.84 Å². The van der Waals surface area contributed by atoms with Crippen LogP contribution in [0.5, 0.6) is 5.75 Å². The zero-order valence-electron chi connectivity index (χ0n) is 11.0. The number of β-amino-alcohol motifs (C(OH)–C–C–N with tert-alkyl or cyclic N) is 1. The third-order valence-corrected chi connectivity index (χ3v) is 3.53. The number of hydrogen-bond acceptors (Lipinski definition) is 4. The number of aliphatic hydroxyl groups excluding tert-OH is 1. The van der Waals surface area contributed by atoms with E-state index in [1.165, 1.54) is 0 Å². The third-order valence-electron chi connectivity index (χ3n) is 3.53. The molecular weight excluding hydrogens is 246 g/mol. The van der Waals surface area contributed by atoms with E-state index in [9.17, 15) is 9.90 Å². The van der Waals surface area contributed by atoms with Gasteiger partial charge in [0.1, 0.15) is 11.8 Å². The Labute approximate surface area is 112 Å². The van der Waals surface area contributed by atoms with Crippen LogP contribution in [0.4, 0.5) is 0 Å². The Kier molecular flexibility index (Phi) is 4.39. The standard InChI is InChI=1S/C14H19NO4/c1-19-11-5-2-4-10(8-11)13(16)9-15-7-3-6-12(15)14(17)18/h2,4-5,8,12-13,16H,3,6-7,9H2,1H3,(H,17,18). The summed E-state index contributed by atoms with van der Waals surface area (Å²) in [6.45, 7) is 1.06. The lowest BCUT2D eigenvalue weighted by atomic mass is 10.1. The van der Waals surface area contributed by atoms with Crippen molar-refractivity contribution in [1.82, 2.24) is 4.90 Å². The van der Waals surface area contributed by atoms with E-state index in [1.807, 2.05) is 23.1 Å². The second-order valence-corrected chi connectivity index (χ2v) is 4.78. The molecule has 0 aliphatic carbocycles. The van der Waals surface area contributed by atoms with Crippen LogP contribution in [0.3, 0.4) is 0 Å². The molecule has 1 aliphatic rings. The molecule has 1 aromatic rings. The van der Waals surface area contributed by atoms with Crippen LogP contribution < -0.4 is 4.74 Å². The minimum absolute atomic E-state index is 0.337. The molecule has 0 radical (unpaired) electrons. The lowest BCUT2D eigenvalue weighted by molar-refractivity contribution is -0.142. The Balaban J connectivity index is 2.03. The van der Waals surface area contributed by atoms with Gasteiger partial charge < -0.3 is 14.9 Å². The third kappa shape index (κ3) is 3.24. The number of aliphatic carboxylic acids is 1. The summed E-state index contributed by atoms with van der Waals surface area (Å²) in [5.41, 5.74) is 0.746. The largest absolute Gasteiger partial charge is 0.497 e. The highest BCUT2D eigenvalue weighted by Gasteiger charge is 2.31. The fourth-order valence-electron chi connectivity index (χ4n) is 2.50. The summed E-state index contributed by atoms with van der Waals surface area (Å²) >= 11 is 0. The molecule has 5 nitrogen and oxygen atoms in total. The molecule has 104 valence electrons. The first-order valence-corrected chi connectivity index (χ1v) is 6.40. The molecule has 19 heavy (non-hydrogen) atoms. The fraction of sp³-hybridized carbons (Fsp3) is 0.500. The number of aliphatic hydroxyl groups is 1. The monoisotopic (exact) mass is 265 g/mol. The summed E-state index contributed by atoms with van der Waals surface area (Å²) in [7, 11) is 1.58. The van der Waals surface area contributed by atoms with Crippen LogP contribution in [0.1, 0.15) is 24.5 Å². The predicted molar refractivity (Wildman–Crippen MR) is 70.2 cm³/mol. The fourth-order valence-corrected chi connectivity index (χ4v) is 2.50. The molecule has 1 heterocycles. The van der Waals surface area contributed by atoms with Gasteiger partial charge in [-0.05, 0) is 37.1 Å². The Bertz CT molecular complexity index is 449. The van der Waals surface area contributed by atoms with Gasteiger partial charge in [0.25, 0.3) is 0 Å². The highest BCUT2D eigenvalue weighted by molar-refractivity contribution is 5.73. The molecule has 0 saturated carbocycles. The number of carboxylic acid groups (broad SMARTS) is 1. The topological polar surface area (TPSA) is 70.0 Å². The van der Waals surface area contributed by atoms with Crippen LogP contribution in [0, 0.1) is 0 Å². The van der Waals surface area contributed by atoms with Gasteiger partial charge in [-0.1, -0.05) is 12.1 Å². The average molecular weight is 265 g/mol. The Morgan fingerprint density at radius 2 is 2.37 bits per heavy atom. The summed E-state index contributed by atoms with van der Waals surface area (Å²) in [6, 6.07) is 6.75. The van der Waals surface area contributed by atoms with E-state index >= 15 is 0 Å². The number of hydrogen-bond donors (Lipinski definition) is 2. The molecule has 1 saturated heterocycles. The quantitative estimate of drug-likeness (QED) is 0.839. The molecule has 0 amide bonds. The van der Waals surface area contributed by atoms with Crippen molar-refractivity contribution in [3.8, 4) is 5.75 Å². The number of methoxy groups -OCH3 is 1. The molecule has 1 fully saturated rings. The number of carboxylic acids is 1. The van der Waals surface area contributed by atoms with E-state index in [-0.39, 0.29) is 0 Å². The maximum Gasteiger partial charge on any atom is 0.320 e. The van der Waals surface area contributed by atoms with E-state index < -0.39 is 18.1 Å². The zero-order chi connectivity index (χ0) is 13.8. The zero-order valence-corrected chi connectivity index (χ0v) is 11.0. The van der Waals surface area contributed by atoms with E-state index in [2.05, 4.69) is 0 Å². The van der Waals surface area contributed by atoms with Crippen molar-refractivity contribution in [2.75, 3.05) is 20.2 Å². The molecule has 2 atom stereocenters. The summed E-state index contributed by atoms with van der Waals surface area (Å²) in [5, 5.41) is 19.3. The summed E-state index contributed by atoms with van der Waals surface area (Å²) in [4.78, 5) is 12.9. The molecule has 5 heteroatoms. The number of rotatable bonds is 5. The SMILES string of the molecule is COc1cccc(C(O)CN2CCCC2C(=O)O)c1. The van der Waals surface area contributed by atoms with Crippen LogP contribution in [0.25, 0.3) is 0 Å². The molecule has 2 N–H and O–H groups in total. The van der Waals surface area contributed by atoms with E-state index in [0.717, 1.165) is 18.5 Å². The van der Waals surface area contributed by atoms with Crippen molar-refractivity contribution in [3.05, 3.63) is 29.8 Å². The van der Waals surface area contributed by atoms with Gasteiger partial charge in [0.05, 0.1) is 13.2 Å². The summed E-state index contributed by atoms with van der Waals surface area (Å²) in [6.07, 6.45) is 0.817. The van der Waals surface area contributed by atoms with E-state index in [1.54, 1.807) is 13.2 Å². The van der Waals surface area contributed by atoms with Crippen molar-refractivity contribution < 1.29 is 19.7 Å². The van der Waals surface area contributed by atoms with Crippen molar-refractivity contribution >= 4 is 5.97 Å². The molecule has 1 aromatic carbocycles. The number of benzene rings is 1. The molecule has 2 unspecified atom stereocenters. The number of carbonyl (C=O) groups is 1. The maximum absolute atomic E-state index is 11.1. The lowest BCUT2D eigenvalue weighted by Crippen LogP contribution is -2.38. The van der Waals surface area contributed by atoms with Crippen molar-refractivity contribution in [3.63, 3.8) is 0 Å².